The van der Waals surface area contributed by atoms with E-state index in [0.29, 0.717) is 0 Å². The quantitative estimate of drug-likeness (QED) is 0.595. The van der Waals surface area contributed by atoms with Crippen LogP contribution in [0, 0.1) is 11.6 Å². The van der Waals surface area contributed by atoms with Crippen LogP contribution in [0.15, 0.2) is 30.4 Å². The standard InChI is InChI=1S/C10H11F2NO2.C5H8.C2H6O.CH3NO.CH2O/c1-6(15-2)10(14)13-9-4-7(11)3-8(12)5-9;1-2-4-5-3-1;1-3-2;2-1-3;1-2/h3-6H,1-2H3,(H,13,14);1-2H,3-5H2;1-2H3;1H,(H2,2,3);1H2. The minimum absolute atomic E-state index is 0.0707. The average Bonchev–Trinajstić information content (AvgIpc) is 3.23. The zero-order chi connectivity index (χ0) is 22.4. The summed E-state index contributed by atoms with van der Waals surface area (Å²) >= 11 is 0. The van der Waals surface area contributed by atoms with Gasteiger partial charge in [0.15, 0.2) is 0 Å². The Morgan fingerprint density at radius 1 is 1.14 bits per heavy atom. The highest BCUT2D eigenvalue weighted by molar-refractivity contribution is 5.93. The number of hydrogen-bond acceptors (Lipinski definition) is 5. The molecule has 3 N–H and O–H groups in total. The molecule has 1 aliphatic carbocycles. The molecule has 28 heavy (non-hydrogen) atoms. The minimum atomic E-state index is -0.740. The minimum Gasteiger partial charge on any atom is -0.388 e. The Kier molecular flexibility index (Phi) is 24.1. The Hall–Kier alpha value is -2.65. The van der Waals surface area contributed by atoms with E-state index in [1.807, 2.05) is 6.79 Å². The fraction of sp³-hybridized carbons (Fsp3) is 0.421. The lowest BCUT2D eigenvalue weighted by molar-refractivity contribution is -0.124. The molecule has 1 atom stereocenters. The first-order valence-electron chi connectivity index (χ1n) is 8.15. The van der Waals surface area contributed by atoms with Crippen LogP contribution >= 0.6 is 0 Å². The molecular weight excluding hydrogens is 374 g/mol. The topological polar surface area (TPSA) is 108 Å². The summed E-state index contributed by atoms with van der Waals surface area (Å²) in [5.41, 5.74) is 4.24. The van der Waals surface area contributed by atoms with E-state index in [1.54, 1.807) is 14.2 Å². The van der Waals surface area contributed by atoms with Crippen molar-refractivity contribution in [3.8, 4) is 0 Å². The molecule has 0 saturated carbocycles. The van der Waals surface area contributed by atoms with Gasteiger partial charge in [-0.3, -0.25) is 9.59 Å². The highest BCUT2D eigenvalue weighted by atomic mass is 19.1. The van der Waals surface area contributed by atoms with Gasteiger partial charge in [-0.15, -0.1) is 0 Å². The number of halogens is 2. The number of allylic oxidation sites excluding steroid dienone is 2. The summed E-state index contributed by atoms with van der Waals surface area (Å²) in [6.45, 7) is 3.53. The van der Waals surface area contributed by atoms with Crippen LogP contribution in [-0.2, 0) is 23.9 Å². The molecule has 9 heteroatoms. The first-order valence-corrected chi connectivity index (χ1v) is 8.15. The summed E-state index contributed by atoms with van der Waals surface area (Å²) in [7, 11) is 4.62. The van der Waals surface area contributed by atoms with Gasteiger partial charge in [0.05, 0.1) is 0 Å². The fourth-order valence-corrected chi connectivity index (χ4v) is 1.57. The Morgan fingerprint density at radius 3 is 1.82 bits per heavy atom. The number of methoxy groups -OCH3 is 2. The summed E-state index contributed by atoms with van der Waals surface area (Å²) < 4.78 is 34.5. The van der Waals surface area contributed by atoms with Crippen LogP contribution in [0.25, 0.3) is 0 Å². The fourth-order valence-electron chi connectivity index (χ4n) is 1.57. The van der Waals surface area contributed by atoms with Gasteiger partial charge in [0, 0.05) is 33.1 Å². The van der Waals surface area contributed by atoms with E-state index in [4.69, 9.17) is 14.3 Å². The number of hydrogen-bond donors (Lipinski definition) is 2. The SMILES string of the molecule is C1=CCCC1.C=O.COC.COC(C)C(=O)Nc1cc(F)cc(F)c1.NC=O. The van der Waals surface area contributed by atoms with Crippen LogP contribution in [0.2, 0.25) is 0 Å². The van der Waals surface area contributed by atoms with Crippen LogP contribution in [-0.4, -0.2) is 46.5 Å². The molecule has 1 aromatic carbocycles. The van der Waals surface area contributed by atoms with Crippen LogP contribution in [0.5, 0.6) is 0 Å². The lowest BCUT2D eigenvalue weighted by Crippen LogP contribution is -2.26. The van der Waals surface area contributed by atoms with Gasteiger partial charge in [0.1, 0.15) is 24.5 Å². The number of rotatable bonds is 3. The average molecular weight is 404 g/mol. The van der Waals surface area contributed by atoms with Crippen molar-refractivity contribution >= 4 is 24.8 Å². The van der Waals surface area contributed by atoms with Gasteiger partial charge in [-0.25, -0.2) is 8.78 Å². The zero-order valence-electron chi connectivity index (χ0n) is 16.7. The number of carbonyl (C=O) groups excluding carboxylic acids is 3. The van der Waals surface area contributed by atoms with E-state index in [-0.39, 0.29) is 12.1 Å². The summed E-state index contributed by atoms with van der Waals surface area (Å²) in [4.78, 5) is 27.9. The van der Waals surface area contributed by atoms with Crippen molar-refractivity contribution < 1.29 is 32.6 Å². The molecule has 7 nitrogen and oxygen atoms in total. The van der Waals surface area contributed by atoms with Gasteiger partial charge in [-0.1, -0.05) is 12.2 Å². The summed E-state index contributed by atoms with van der Waals surface area (Å²) in [5.74, 6) is -1.94. The van der Waals surface area contributed by atoms with Gasteiger partial charge in [0.2, 0.25) is 6.41 Å². The lowest BCUT2D eigenvalue weighted by Gasteiger charge is -2.10. The van der Waals surface area contributed by atoms with Crippen molar-refractivity contribution in [1.82, 2.24) is 0 Å². The van der Waals surface area contributed by atoms with Crippen molar-refractivity contribution in [3.63, 3.8) is 0 Å². The monoisotopic (exact) mass is 404 g/mol. The lowest BCUT2D eigenvalue weighted by atomic mass is 10.3. The Labute approximate surface area is 164 Å². The van der Waals surface area contributed by atoms with Gasteiger partial charge < -0.3 is 25.3 Å². The normalized spacial score (nSPS) is 11.5. The molecule has 1 aliphatic rings. The molecule has 160 valence electrons. The second-order valence-electron chi connectivity index (χ2n) is 4.97. The number of nitrogens with one attached hydrogen (secondary N) is 1. The second-order valence-corrected chi connectivity index (χ2v) is 4.97. The zero-order valence-corrected chi connectivity index (χ0v) is 16.7. The smallest absolute Gasteiger partial charge is 0.253 e. The number of nitrogens with two attached hydrogens (primary N) is 1. The molecular formula is C19H30F2N2O5. The molecule has 0 fully saturated rings. The van der Waals surface area contributed by atoms with Crippen LogP contribution in [0.4, 0.5) is 14.5 Å². The molecule has 0 aromatic heterocycles. The van der Waals surface area contributed by atoms with Crippen molar-refractivity contribution in [3.05, 3.63) is 42.0 Å². The third kappa shape index (κ3) is 19.7. The molecule has 2 rings (SSSR count). The number of anilines is 1. The maximum atomic E-state index is 12.7. The summed E-state index contributed by atoms with van der Waals surface area (Å²) in [6.07, 6.45) is 8.08. The van der Waals surface area contributed by atoms with Crippen molar-refractivity contribution in [2.75, 3.05) is 26.6 Å². The third-order valence-electron chi connectivity index (χ3n) is 2.76. The van der Waals surface area contributed by atoms with E-state index in [0.717, 1.165) is 18.2 Å². The highest BCUT2D eigenvalue weighted by Gasteiger charge is 2.12. The van der Waals surface area contributed by atoms with E-state index >= 15 is 0 Å². The molecule has 1 aromatic rings. The molecule has 0 radical (unpaired) electrons. The molecule has 0 saturated heterocycles. The van der Waals surface area contributed by atoms with E-state index in [9.17, 15) is 13.6 Å². The molecule has 0 aliphatic heterocycles. The van der Waals surface area contributed by atoms with Crippen LogP contribution in [0.3, 0.4) is 0 Å². The predicted octanol–water partition coefficient (Wildman–Crippen LogP) is 2.84. The first kappa shape index (κ1) is 30.1. The predicted molar refractivity (Wildman–Crippen MR) is 105 cm³/mol. The number of ether oxygens (including phenoxy) is 2. The molecule has 1 unspecified atom stereocenters. The van der Waals surface area contributed by atoms with E-state index < -0.39 is 23.6 Å². The third-order valence-corrected chi connectivity index (χ3v) is 2.76. The Balaban J connectivity index is -0.000000392. The van der Waals surface area contributed by atoms with Gasteiger partial charge >= 0.3 is 0 Å². The molecule has 0 bridgehead atoms. The van der Waals surface area contributed by atoms with E-state index in [2.05, 4.69) is 27.9 Å². The molecule has 0 spiro atoms. The van der Waals surface area contributed by atoms with Crippen molar-refractivity contribution in [2.45, 2.75) is 32.3 Å². The number of amides is 2. The number of carbonyl (C=O) groups is 3. The molecule has 0 heterocycles. The maximum Gasteiger partial charge on any atom is 0.253 e. The second kappa shape index (κ2) is 22.4. The number of benzene rings is 1. The number of primary amides is 1. The van der Waals surface area contributed by atoms with Crippen molar-refractivity contribution in [2.24, 2.45) is 5.73 Å². The summed E-state index contributed by atoms with van der Waals surface area (Å²) in [6, 6.07) is 2.79. The Bertz CT molecular complexity index is 531. The largest absolute Gasteiger partial charge is 0.388 e. The maximum absolute atomic E-state index is 12.7. The summed E-state index contributed by atoms with van der Waals surface area (Å²) in [5, 5.41) is 2.33. The molecule has 2 amide bonds. The van der Waals surface area contributed by atoms with Crippen molar-refractivity contribution in [1.29, 1.82) is 0 Å². The Morgan fingerprint density at radius 2 is 1.54 bits per heavy atom. The first-order chi connectivity index (χ1) is 13.4. The highest BCUT2D eigenvalue weighted by Crippen LogP contribution is 2.13. The van der Waals surface area contributed by atoms with Gasteiger partial charge in [-0.05, 0) is 38.3 Å². The van der Waals surface area contributed by atoms with Gasteiger partial charge in [-0.2, -0.15) is 0 Å². The van der Waals surface area contributed by atoms with Crippen LogP contribution < -0.4 is 11.1 Å². The van der Waals surface area contributed by atoms with Gasteiger partial charge in [0.25, 0.3) is 5.91 Å². The van der Waals surface area contributed by atoms with Crippen LogP contribution in [0.1, 0.15) is 26.2 Å². The van der Waals surface area contributed by atoms with E-state index in [1.165, 1.54) is 33.3 Å².